The molecule has 2 aromatic heterocycles. The fourth-order valence-corrected chi connectivity index (χ4v) is 0.722. The maximum Gasteiger partial charge on any atom is 0.259 e. The van der Waals surface area contributed by atoms with Gasteiger partial charge in [-0.25, -0.2) is 0 Å². The first-order chi connectivity index (χ1) is 6.27. The van der Waals surface area contributed by atoms with Gasteiger partial charge in [0.15, 0.2) is 0 Å². The molecule has 0 aromatic carbocycles. The molecule has 4 N–H and O–H groups in total. The van der Waals surface area contributed by atoms with Gasteiger partial charge in [0, 0.05) is 0 Å². The van der Waals surface area contributed by atoms with Crippen molar-refractivity contribution in [2.45, 2.75) is 0 Å². The summed E-state index contributed by atoms with van der Waals surface area (Å²) in [5, 5.41) is 13.9. The molecule has 0 aliphatic heterocycles. The Morgan fingerprint density at radius 2 is 1.46 bits per heavy atom. The zero-order valence-corrected chi connectivity index (χ0v) is 6.40. The van der Waals surface area contributed by atoms with Gasteiger partial charge in [0.2, 0.25) is 0 Å². The lowest BCUT2D eigenvalue weighted by atomic mass is 10.8. The van der Waals surface area contributed by atoms with Crippen LogP contribution in [-0.2, 0) is 0 Å². The van der Waals surface area contributed by atoms with Crippen LogP contribution in [0.25, 0.3) is 0 Å². The summed E-state index contributed by atoms with van der Waals surface area (Å²) < 4.78 is 5.15. The number of hydrogen-bond donors (Lipinski definition) is 2. The molecule has 0 radical (unpaired) electrons. The third-order valence-electron chi connectivity index (χ3n) is 1.29. The monoisotopic (exact) mass is 182 g/mol. The first-order valence-electron chi connectivity index (χ1n) is 3.27. The molecule has 0 unspecified atom stereocenters. The lowest BCUT2D eigenvalue weighted by Gasteiger charge is -2.01. The van der Waals surface area contributed by atoms with Gasteiger partial charge < -0.3 is 16.4 Å². The molecule has 0 aliphatic carbocycles. The average Bonchev–Trinajstić information content (AvgIpc) is 2.65. The first-order valence-corrected chi connectivity index (χ1v) is 3.27. The number of nitrogens with zero attached hydrogens (tertiary/aromatic N) is 6. The summed E-state index contributed by atoms with van der Waals surface area (Å²) >= 11 is 0. The van der Waals surface area contributed by atoms with Crippen LogP contribution in [-0.4, -0.2) is 30.2 Å². The number of hydrogen-bond acceptors (Lipinski definition) is 7. The highest BCUT2D eigenvalue weighted by Crippen LogP contribution is 2.14. The summed E-state index contributed by atoms with van der Waals surface area (Å²) in [5.41, 5.74) is 0. The topological polar surface area (TPSA) is 123 Å². The summed E-state index contributed by atoms with van der Waals surface area (Å²) in [4.78, 5) is 1.93. The second-order valence-corrected chi connectivity index (χ2v) is 2.14. The van der Waals surface area contributed by atoms with Crippen molar-refractivity contribution in [3.05, 3.63) is 12.4 Å². The van der Waals surface area contributed by atoms with Crippen molar-refractivity contribution in [3.63, 3.8) is 0 Å². The zero-order valence-electron chi connectivity index (χ0n) is 6.40. The van der Waals surface area contributed by atoms with Crippen molar-refractivity contribution in [2.75, 3.05) is 11.7 Å². The fraction of sp³-hybridized carbons (Fsp3) is 0. The molecule has 2 aromatic rings. The van der Waals surface area contributed by atoms with Crippen molar-refractivity contribution < 1.29 is 4.74 Å². The summed E-state index contributed by atoms with van der Waals surface area (Å²) in [6.07, 6.45) is 2.68. The Balaban J connectivity index is 2.24. The maximum atomic E-state index is 5.33. The van der Waals surface area contributed by atoms with E-state index >= 15 is 0 Å². The van der Waals surface area contributed by atoms with Crippen LogP contribution in [0.4, 0.5) is 0 Å². The molecule has 2 rings (SSSR count). The zero-order chi connectivity index (χ0) is 9.26. The second kappa shape index (κ2) is 2.62. The van der Waals surface area contributed by atoms with Crippen molar-refractivity contribution >= 4 is 0 Å². The van der Waals surface area contributed by atoms with E-state index in [0.717, 1.165) is 9.58 Å². The lowest BCUT2D eigenvalue weighted by molar-refractivity contribution is 0.403. The lowest BCUT2D eigenvalue weighted by Crippen LogP contribution is -2.15. The first kappa shape index (κ1) is 7.34. The summed E-state index contributed by atoms with van der Waals surface area (Å²) in [6, 6.07) is 0. The van der Waals surface area contributed by atoms with Gasteiger partial charge in [0.25, 0.3) is 11.8 Å². The highest BCUT2D eigenvalue weighted by molar-refractivity contribution is 5.13. The van der Waals surface area contributed by atoms with E-state index in [1.165, 1.54) is 12.4 Å². The molecule has 0 saturated carbocycles. The number of nitrogen functional groups attached to an aromatic ring is 2. The van der Waals surface area contributed by atoms with Crippen LogP contribution in [0.1, 0.15) is 0 Å². The maximum absolute atomic E-state index is 5.33. The quantitative estimate of drug-likeness (QED) is 0.519. The van der Waals surface area contributed by atoms with Gasteiger partial charge in [-0.05, 0) is 10.4 Å². The Morgan fingerprint density at radius 3 is 1.77 bits per heavy atom. The minimum absolute atomic E-state index is 0.244. The molecule has 0 fully saturated rings. The van der Waals surface area contributed by atoms with Gasteiger partial charge in [-0.1, -0.05) is 0 Å². The largest absolute Gasteiger partial charge is 0.414 e. The third-order valence-corrected chi connectivity index (χ3v) is 1.29. The Bertz CT molecular complexity index is 365. The standard InChI is InChI=1S/C4H6N8O/c5-11-3(1-7-9-11)13-4-2-8-10-12(4)6/h1-2H,5-6H2. The van der Waals surface area contributed by atoms with Crippen LogP contribution < -0.4 is 16.4 Å². The minimum Gasteiger partial charge on any atom is -0.414 e. The predicted octanol–water partition coefficient (Wildman–Crippen LogP) is -1.91. The van der Waals surface area contributed by atoms with Crippen LogP contribution in [0.3, 0.4) is 0 Å². The van der Waals surface area contributed by atoms with E-state index in [1.807, 2.05) is 0 Å². The summed E-state index contributed by atoms with van der Waals surface area (Å²) in [7, 11) is 0. The number of rotatable bonds is 2. The number of nitrogens with two attached hydrogens (primary N) is 2. The van der Waals surface area contributed by atoms with Gasteiger partial charge in [-0.15, -0.1) is 19.8 Å². The highest BCUT2D eigenvalue weighted by Gasteiger charge is 2.07. The number of aromatic nitrogens is 6. The predicted molar refractivity (Wildman–Crippen MR) is 40.4 cm³/mol. The average molecular weight is 182 g/mol. The molecular formula is C4H6N8O. The van der Waals surface area contributed by atoms with Crippen LogP contribution in [0.2, 0.25) is 0 Å². The van der Waals surface area contributed by atoms with E-state index in [0.29, 0.717) is 0 Å². The van der Waals surface area contributed by atoms with Gasteiger partial charge >= 0.3 is 0 Å². The molecule has 9 heteroatoms. The Hall–Kier alpha value is -2.32. The van der Waals surface area contributed by atoms with Crippen molar-refractivity contribution in [3.8, 4) is 11.8 Å². The van der Waals surface area contributed by atoms with E-state index in [-0.39, 0.29) is 11.8 Å². The van der Waals surface area contributed by atoms with E-state index in [4.69, 9.17) is 16.4 Å². The van der Waals surface area contributed by atoms with E-state index in [2.05, 4.69) is 20.6 Å². The molecule has 13 heavy (non-hydrogen) atoms. The Morgan fingerprint density at radius 1 is 1.00 bits per heavy atom. The second-order valence-electron chi connectivity index (χ2n) is 2.14. The number of ether oxygens (including phenoxy) is 1. The minimum atomic E-state index is 0.244. The van der Waals surface area contributed by atoms with Crippen molar-refractivity contribution in [1.29, 1.82) is 0 Å². The molecule has 68 valence electrons. The smallest absolute Gasteiger partial charge is 0.259 e. The van der Waals surface area contributed by atoms with Gasteiger partial charge in [0.1, 0.15) is 12.4 Å². The highest BCUT2D eigenvalue weighted by atomic mass is 16.5. The SMILES string of the molecule is Nn1nncc1Oc1cnnn1N. The fourth-order valence-electron chi connectivity index (χ4n) is 0.722. The van der Waals surface area contributed by atoms with Crippen LogP contribution in [0, 0.1) is 0 Å². The van der Waals surface area contributed by atoms with Crippen LogP contribution in [0.5, 0.6) is 11.8 Å². The molecule has 9 nitrogen and oxygen atoms in total. The van der Waals surface area contributed by atoms with Crippen molar-refractivity contribution in [2.24, 2.45) is 0 Å². The van der Waals surface area contributed by atoms with E-state index < -0.39 is 0 Å². The molecule has 0 atom stereocenters. The normalized spacial score (nSPS) is 10.2. The molecule has 0 amide bonds. The Labute approximate surface area is 71.8 Å². The van der Waals surface area contributed by atoms with Crippen LogP contribution >= 0.6 is 0 Å². The molecule has 0 saturated heterocycles. The van der Waals surface area contributed by atoms with E-state index in [1.54, 1.807) is 0 Å². The Kier molecular flexibility index (Phi) is 1.48. The molecular weight excluding hydrogens is 176 g/mol. The van der Waals surface area contributed by atoms with E-state index in [9.17, 15) is 0 Å². The molecule has 2 heterocycles. The molecule has 0 aliphatic rings. The molecule has 0 spiro atoms. The van der Waals surface area contributed by atoms with Gasteiger partial charge in [-0.3, -0.25) is 0 Å². The van der Waals surface area contributed by atoms with Crippen molar-refractivity contribution in [1.82, 2.24) is 30.2 Å². The van der Waals surface area contributed by atoms with Crippen LogP contribution in [0.15, 0.2) is 12.4 Å². The van der Waals surface area contributed by atoms with Gasteiger partial charge in [0.05, 0.1) is 0 Å². The van der Waals surface area contributed by atoms with Gasteiger partial charge in [-0.2, -0.15) is 0 Å². The third kappa shape index (κ3) is 1.21. The summed E-state index contributed by atoms with van der Waals surface area (Å²) in [6.45, 7) is 0. The molecule has 0 bridgehead atoms. The summed E-state index contributed by atoms with van der Waals surface area (Å²) in [5.74, 6) is 11.2.